The lowest BCUT2D eigenvalue weighted by atomic mass is 10.2. The van der Waals surface area contributed by atoms with Crippen LogP contribution in [0.2, 0.25) is 0 Å². The maximum Gasteiger partial charge on any atom is 0.278 e. The van der Waals surface area contributed by atoms with Crippen LogP contribution in [0, 0.1) is 0 Å². The summed E-state index contributed by atoms with van der Waals surface area (Å²) in [7, 11) is 3.41. The van der Waals surface area contributed by atoms with Crippen molar-refractivity contribution in [3.8, 4) is 0 Å². The predicted molar refractivity (Wildman–Crippen MR) is 66.8 cm³/mol. The monoisotopic (exact) mass is 230 g/mol. The van der Waals surface area contributed by atoms with E-state index in [0.29, 0.717) is 11.4 Å². The molecule has 2 rings (SSSR count). The SMILES string of the molecule is CN(C(=O)c1c(N)cnn1C)c1ccccc1. The second-order valence-electron chi connectivity index (χ2n) is 3.77. The Morgan fingerprint density at radius 1 is 1.35 bits per heavy atom. The topological polar surface area (TPSA) is 64.2 Å². The number of amides is 1. The number of hydrogen-bond donors (Lipinski definition) is 1. The molecule has 88 valence electrons. The standard InChI is InChI=1S/C12H14N4O/c1-15(9-6-4-3-5-7-9)12(17)11-10(13)8-14-16(11)2/h3-8H,13H2,1-2H3. The molecule has 1 heterocycles. The Hall–Kier alpha value is -2.30. The Bertz CT molecular complexity index is 513. The molecule has 0 atom stereocenters. The molecule has 0 bridgehead atoms. The van der Waals surface area contributed by atoms with Crippen molar-refractivity contribution in [3.63, 3.8) is 0 Å². The van der Waals surface area contributed by atoms with E-state index in [1.54, 1.807) is 19.0 Å². The lowest BCUT2D eigenvalue weighted by molar-refractivity contribution is 0.0985. The number of carbonyl (C=O) groups is 1. The molecule has 0 fully saturated rings. The van der Waals surface area contributed by atoms with Crippen molar-refractivity contribution in [1.29, 1.82) is 0 Å². The van der Waals surface area contributed by atoms with E-state index in [4.69, 9.17) is 5.73 Å². The minimum atomic E-state index is -0.172. The van der Waals surface area contributed by atoms with Gasteiger partial charge in [0.05, 0.1) is 11.9 Å². The third-order valence-corrected chi connectivity index (χ3v) is 2.62. The van der Waals surface area contributed by atoms with Crippen molar-refractivity contribution in [2.45, 2.75) is 0 Å². The normalized spacial score (nSPS) is 10.2. The van der Waals surface area contributed by atoms with E-state index >= 15 is 0 Å². The van der Waals surface area contributed by atoms with Crippen LogP contribution in [0.4, 0.5) is 11.4 Å². The van der Waals surface area contributed by atoms with Crippen LogP contribution in [0.15, 0.2) is 36.5 Å². The minimum absolute atomic E-state index is 0.172. The molecule has 1 aromatic carbocycles. The highest BCUT2D eigenvalue weighted by atomic mass is 16.2. The van der Waals surface area contributed by atoms with Gasteiger partial charge in [-0.05, 0) is 12.1 Å². The molecule has 17 heavy (non-hydrogen) atoms. The van der Waals surface area contributed by atoms with E-state index in [2.05, 4.69) is 5.10 Å². The average Bonchev–Trinajstić information content (AvgIpc) is 2.68. The molecule has 0 radical (unpaired) electrons. The predicted octanol–water partition coefficient (Wildman–Crippen LogP) is 1.28. The molecule has 0 aliphatic heterocycles. The lowest BCUT2D eigenvalue weighted by Crippen LogP contribution is -2.28. The largest absolute Gasteiger partial charge is 0.396 e. The van der Waals surface area contributed by atoms with Gasteiger partial charge in [-0.15, -0.1) is 0 Å². The number of aromatic nitrogens is 2. The summed E-state index contributed by atoms with van der Waals surface area (Å²) in [5.41, 5.74) is 7.33. The molecular weight excluding hydrogens is 216 g/mol. The fourth-order valence-corrected chi connectivity index (χ4v) is 1.64. The fourth-order valence-electron chi connectivity index (χ4n) is 1.64. The summed E-state index contributed by atoms with van der Waals surface area (Å²) in [6.07, 6.45) is 1.48. The number of carbonyl (C=O) groups excluding carboxylic acids is 1. The van der Waals surface area contributed by atoms with Gasteiger partial charge in [0.15, 0.2) is 0 Å². The zero-order chi connectivity index (χ0) is 12.4. The van der Waals surface area contributed by atoms with Crippen molar-refractivity contribution in [2.24, 2.45) is 7.05 Å². The highest BCUT2D eigenvalue weighted by molar-refractivity contribution is 6.07. The number of anilines is 2. The quantitative estimate of drug-likeness (QED) is 0.845. The van der Waals surface area contributed by atoms with Gasteiger partial charge in [-0.1, -0.05) is 18.2 Å². The summed E-state index contributed by atoms with van der Waals surface area (Å²) in [6.45, 7) is 0. The molecule has 0 spiro atoms. The molecule has 0 aliphatic rings. The van der Waals surface area contributed by atoms with Crippen molar-refractivity contribution < 1.29 is 4.79 Å². The molecule has 0 unspecified atom stereocenters. The number of hydrogen-bond acceptors (Lipinski definition) is 3. The molecular formula is C12H14N4O. The third-order valence-electron chi connectivity index (χ3n) is 2.62. The smallest absolute Gasteiger partial charge is 0.278 e. The number of nitrogens with zero attached hydrogens (tertiary/aromatic N) is 3. The average molecular weight is 230 g/mol. The summed E-state index contributed by atoms with van der Waals surface area (Å²) < 4.78 is 1.48. The van der Waals surface area contributed by atoms with Crippen LogP contribution in [-0.2, 0) is 7.05 Å². The van der Waals surface area contributed by atoms with Gasteiger partial charge in [0, 0.05) is 19.8 Å². The van der Waals surface area contributed by atoms with Crippen LogP contribution >= 0.6 is 0 Å². The van der Waals surface area contributed by atoms with Crippen LogP contribution in [0.3, 0.4) is 0 Å². The van der Waals surface area contributed by atoms with Crippen molar-refractivity contribution in [2.75, 3.05) is 17.7 Å². The fraction of sp³-hybridized carbons (Fsp3) is 0.167. The van der Waals surface area contributed by atoms with Crippen LogP contribution in [-0.4, -0.2) is 22.7 Å². The van der Waals surface area contributed by atoms with E-state index in [0.717, 1.165) is 5.69 Å². The Kier molecular flexibility index (Phi) is 2.82. The molecule has 0 aliphatic carbocycles. The maximum atomic E-state index is 12.2. The van der Waals surface area contributed by atoms with Gasteiger partial charge in [-0.25, -0.2) is 0 Å². The molecule has 0 saturated heterocycles. The first-order valence-electron chi connectivity index (χ1n) is 5.22. The number of para-hydroxylation sites is 1. The summed E-state index contributed by atoms with van der Waals surface area (Å²) in [5, 5.41) is 3.96. The van der Waals surface area contributed by atoms with E-state index in [1.807, 2.05) is 30.3 Å². The van der Waals surface area contributed by atoms with Crippen LogP contribution in [0.25, 0.3) is 0 Å². The summed E-state index contributed by atoms with van der Waals surface area (Å²) in [4.78, 5) is 13.8. The van der Waals surface area contributed by atoms with Crippen molar-refractivity contribution in [1.82, 2.24) is 9.78 Å². The first kappa shape index (κ1) is 11.2. The van der Waals surface area contributed by atoms with E-state index < -0.39 is 0 Å². The summed E-state index contributed by atoms with van der Waals surface area (Å²) in [5.74, 6) is -0.172. The van der Waals surface area contributed by atoms with Crippen LogP contribution < -0.4 is 10.6 Å². The highest BCUT2D eigenvalue weighted by Crippen LogP contribution is 2.17. The van der Waals surface area contributed by atoms with Crippen LogP contribution in [0.1, 0.15) is 10.5 Å². The summed E-state index contributed by atoms with van der Waals surface area (Å²) >= 11 is 0. The molecule has 0 saturated carbocycles. The Morgan fingerprint density at radius 2 is 2.00 bits per heavy atom. The number of nitrogen functional groups attached to an aromatic ring is 1. The first-order valence-corrected chi connectivity index (χ1v) is 5.22. The van der Waals surface area contributed by atoms with Crippen molar-refractivity contribution in [3.05, 3.63) is 42.2 Å². The molecule has 1 aromatic heterocycles. The third kappa shape index (κ3) is 1.99. The highest BCUT2D eigenvalue weighted by Gasteiger charge is 2.19. The summed E-state index contributed by atoms with van der Waals surface area (Å²) in [6, 6.07) is 9.40. The number of aryl methyl sites for hydroxylation is 1. The van der Waals surface area contributed by atoms with E-state index in [1.165, 1.54) is 10.9 Å². The first-order chi connectivity index (χ1) is 8.11. The van der Waals surface area contributed by atoms with E-state index in [9.17, 15) is 4.79 Å². The van der Waals surface area contributed by atoms with Gasteiger partial charge in [0.2, 0.25) is 0 Å². The van der Waals surface area contributed by atoms with Gasteiger partial charge in [0.1, 0.15) is 5.69 Å². The van der Waals surface area contributed by atoms with Gasteiger partial charge in [0.25, 0.3) is 5.91 Å². The second kappa shape index (κ2) is 4.29. The number of nitrogens with two attached hydrogens (primary N) is 1. The molecule has 5 nitrogen and oxygen atoms in total. The zero-order valence-corrected chi connectivity index (χ0v) is 9.79. The van der Waals surface area contributed by atoms with Gasteiger partial charge < -0.3 is 10.6 Å². The molecule has 2 aromatic rings. The maximum absolute atomic E-state index is 12.2. The number of benzene rings is 1. The molecule has 1 amide bonds. The van der Waals surface area contributed by atoms with E-state index in [-0.39, 0.29) is 5.91 Å². The molecule has 5 heteroatoms. The van der Waals surface area contributed by atoms with Crippen molar-refractivity contribution >= 4 is 17.3 Å². The van der Waals surface area contributed by atoms with Gasteiger partial charge in [-0.2, -0.15) is 5.10 Å². The lowest BCUT2D eigenvalue weighted by Gasteiger charge is -2.17. The minimum Gasteiger partial charge on any atom is -0.396 e. The second-order valence-corrected chi connectivity index (χ2v) is 3.77. The van der Waals surface area contributed by atoms with Gasteiger partial charge >= 0.3 is 0 Å². The van der Waals surface area contributed by atoms with Crippen LogP contribution in [0.5, 0.6) is 0 Å². The Morgan fingerprint density at radius 3 is 2.53 bits per heavy atom. The number of rotatable bonds is 2. The Labute approximate surface area is 99.5 Å². The molecule has 2 N–H and O–H groups in total. The zero-order valence-electron chi connectivity index (χ0n) is 9.79. The Balaban J connectivity index is 2.33. The van der Waals surface area contributed by atoms with Gasteiger partial charge in [-0.3, -0.25) is 9.48 Å².